The van der Waals surface area contributed by atoms with Crippen molar-refractivity contribution < 1.29 is 14.3 Å². The van der Waals surface area contributed by atoms with E-state index in [1.807, 2.05) is 31.2 Å². The van der Waals surface area contributed by atoms with Gasteiger partial charge in [0.1, 0.15) is 0 Å². The summed E-state index contributed by atoms with van der Waals surface area (Å²) in [7, 11) is 1.36. The summed E-state index contributed by atoms with van der Waals surface area (Å²) >= 11 is 0. The molecule has 5 heteroatoms. The maximum absolute atomic E-state index is 12.2. The van der Waals surface area contributed by atoms with Gasteiger partial charge in [0.05, 0.1) is 13.0 Å². The van der Waals surface area contributed by atoms with Crippen LogP contribution in [-0.2, 0) is 9.53 Å². The van der Waals surface area contributed by atoms with Gasteiger partial charge in [0.25, 0.3) is 0 Å². The topological polar surface area (TPSA) is 58.6 Å². The minimum absolute atomic E-state index is 0.0394. The Labute approximate surface area is 118 Å². The molecule has 0 spiro atoms. The van der Waals surface area contributed by atoms with E-state index in [4.69, 9.17) is 4.74 Å². The number of piperidine rings is 1. The fourth-order valence-corrected chi connectivity index (χ4v) is 2.37. The average molecular weight is 276 g/mol. The molecule has 0 aromatic heterocycles. The lowest BCUT2D eigenvalue weighted by atomic mass is 9.97. The number of methoxy groups -OCH3 is 1. The van der Waals surface area contributed by atoms with Gasteiger partial charge in [-0.3, -0.25) is 4.79 Å². The summed E-state index contributed by atoms with van der Waals surface area (Å²) in [4.78, 5) is 25.3. The Kier molecular flexibility index (Phi) is 4.61. The molecule has 20 heavy (non-hydrogen) atoms. The Morgan fingerprint density at radius 2 is 2.00 bits per heavy atom. The number of nitrogens with one attached hydrogen (secondary N) is 1. The number of likely N-dealkylation sites (tertiary alicyclic amines) is 1. The first-order chi connectivity index (χ1) is 9.60. The summed E-state index contributed by atoms with van der Waals surface area (Å²) in [6.45, 7) is 3.08. The highest BCUT2D eigenvalue weighted by Crippen LogP contribution is 2.19. The number of benzene rings is 1. The molecule has 1 saturated heterocycles. The smallest absolute Gasteiger partial charge is 0.409 e. The largest absolute Gasteiger partial charge is 0.453 e. The molecule has 0 aliphatic carbocycles. The van der Waals surface area contributed by atoms with Crippen molar-refractivity contribution in [3.05, 3.63) is 29.8 Å². The SMILES string of the molecule is COC(=O)N1CCCC(C(=O)Nc2ccc(C)cc2)C1. The average Bonchev–Trinajstić information content (AvgIpc) is 2.49. The number of carbonyl (C=O) groups is 2. The van der Waals surface area contributed by atoms with Crippen LogP contribution in [0.25, 0.3) is 0 Å². The third kappa shape index (κ3) is 3.50. The minimum Gasteiger partial charge on any atom is -0.453 e. The first-order valence-electron chi connectivity index (χ1n) is 6.80. The van der Waals surface area contributed by atoms with Gasteiger partial charge in [-0.2, -0.15) is 0 Å². The maximum atomic E-state index is 12.2. The Hall–Kier alpha value is -2.04. The molecule has 1 fully saturated rings. The van der Waals surface area contributed by atoms with Crippen LogP contribution < -0.4 is 5.32 Å². The molecule has 1 aromatic carbocycles. The Balaban J connectivity index is 1.95. The lowest BCUT2D eigenvalue weighted by Crippen LogP contribution is -2.43. The van der Waals surface area contributed by atoms with Gasteiger partial charge in [0, 0.05) is 18.8 Å². The zero-order chi connectivity index (χ0) is 14.5. The Bertz CT molecular complexity index is 484. The standard InChI is InChI=1S/C15H20N2O3/c1-11-5-7-13(8-6-11)16-14(18)12-4-3-9-17(10-12)15(19)20-2/h5-8,12H,3-4,9-10H2,1-2H3,(H,16,18). The molecule has 2 amide bonds. The summed E-state index contributed by atoms with van der Waals surface area (Å²) in [5.41, 5.74) is 1.94. The van der Waals surface area contributed by atoms with Crippen molar-refractivity contribution in [2.24, 2.45) is 5.92 Å². The van der Waals surface area contributed by atoms with E-state index in [0.717, 1.165) is 24.1 Å². The van der Waals surface area contributed by atoms with E-state index in [1.54, 1.807) is 4.90 Å². The predicted molar refractivity (Wildman–Crippen MR) is 76.5 cm³/mol. The van der Waals surface area contributed by atoms with E-state index in [0.29, 0.717) is 13.1 Å². The van der Waals surface area contributed by atoms with Gasteiger partial charge in [-0.15, -0.1) is 0 Å². The highest BCUT2D eigenvalue weighted by atomic mass is 16.5. The number of carbonyl (C=O) groups excluding carboxylic acids is 2. The fourth-order valence-electron chi connectivity index (χ4n) is 2.37. The van der Waals surface area contributed by atoms with Crippen molar-refractivity contribution in [3.63, 3.8) is 0 Å². The second-order valence-corrected chi connectivity index (χ2v) is 5.11. The monoisotopic (exact) mass is 276 g/mol. The van der Waals surface area contributed by atoms with Crippen LogP contribution >= 0.6 is 0 Å². The number of amides is 2. The number of anilines is 1. The van der Waals surface area contributed by atoms with Crippen molar-refractivity contribution in [1.29, 1.82) is 0 Å². The summed E-state index contributed by atoms with van der Waals surface area (Å²) < 4.78 is 4.70. The number of hydrogen-bond acceptors (Lipinski definition) is 3. The third-order valence-electron chi connectivity index (χ3n) is 3.54. The van der Waals surface area contributed by atoms with Crippen LogP contribution in [0.15, 0.2) is 24.3 Å². The van der Waals surface area contributed by atoms with E-state index >= 15 is 0 Å². The molecule has 1 aliphatic rings. The first kappa shape index (κ1) is 14.4. The first-order valence-corrected chi connectivity index (χ1v) is 6.80. The lowest BCUT2D eigenvalue weighted by Gasteiger charge is -2.30. The molecule has 1 aromatic rings. The zero-order valence-electron chi connectivity index (χ0n) is 11.9. The molecular formula is C15H20N2O3. The molecule has 1 atom stereocenters. The molecular weight excluding hydrogens is 256 g/mol. The lowest BCUT2D eigenvalue weighted by molar-refractivity contribution is -0.121. The summed E-state index contributed by atoms with van der Waals surface area (Å²) in [6, 6.07) is 7.68. The van der Waals surface area contributed by atoms with Gasteiger partial charge < -0.3 is 15.0 Å². The predicted octanol–water partition coefficient (Wildman–Crippen LogP) is 2.41. The van der Waals surface area contributed by atoms with E-state index in [-0.39, 0.29) is 17.9 Å². The molecule has 0 bridgehead atoms. The second kappa shape index (κ2) is 6.41. The third-order valence-corrected chi connectivity index (χ3v) is 3.54. The Morgan fingerprint density at radius 3 is 2.65 bits per heavy atom. The number of aryl methyl sites for hydroxylation is 1. The van der Waals surface area contributed by atoms with Crippen molar-refractivity contribution in [3.8, 4) is 0 Å². The van der Waals surface area contributed by atoms with Crippen molar-refractivity contribution >= 4 is 17.7 Å². The van der Waals surface area contributed by atoms with Crippen molar-refractivity contribution in [1.82, 2.24) is 4.90 Å². The van der Waals surface area contributed by atoms with Crippen LogP contribution in [0, 0.1) is 12.8 Å². The summed E-state index contributed by atoms with van der Waals surface area (Å²) in [5.74, 6) is -0.216. The number of ether oxygens (including phenoxy) is 1. The van der Waals surface area contributed by atoms with Gasteiger partial charge in [-0.25, -0.2) is 4.79 Å². The molecule has 108 valence electrons. The van der Waals surface area contributed by atoms with Crippen LogP contribution in [0.4, 0.5) is 10.5 Å². The van der Waals surface area contributed by atoms with Crippen LogP contribution in [0.1, 0.15) is 18.4 Å². The number of nitrogens with zero attached hydrogens (tertiary/aromatic N) is 1. The quantitative estimate of drug-likeness (QED) is 0.902. The minimum atomic E-state index is -0.363. The molecule has 1 aliphatic heterocycles. The van der Waals surface area contributed by atoms with Crippen LogP contribution in [-0.4, -0.2) is 37.1 Å². The molecule has 1 unspecified atom stereocenters. The molecule has 2 rings (SSSR count). The molecule has 1 heterocycles. The molecule has 0 radical (unpaired) electrons. The molecule has 0 saturated carbocycles. The molecule has 1 N–H and O–H groups in total. The molecule has 5 nitrogen and oxygen atoms in total. The van der Waals surface area contributed by atoms with E-state index in [1.165, 1.54) is 7.11 Å². The van der Waals surface area contributed by atoms with Crippen LogP contribution in [0.5, 0.6) is 0 Å². The van der Waals surface area contributed by atoms with Gasteiger partial charge in [0.2, 0.25) is 5.91 Å². The van der Waals surface area contributed by atoms with Crippen LogP contribution in [0.2, 0.25) is 0 Å². The van der Waals surface area contributed by atoms with Gasteiger partial charge in [-0.1, -0.05) is 17.7 Å². The second-order valence-electron chi connectivity index (χ2n) is 5.11. The number of hydrogen-bond donors (Lipinski definition) is 1. The van der Waals surface area contributed by atoms with Crippen molar-refractivity contribution in [2.45, 2.75) is 19.8 Å². The Morgan fingerprint density at radius 1 is 1.30 bits per heavy atom. The van der Waals surface area contributed by atoms with Gasteiger partial charge in [0.15, 0.2) is 0 Å². The van der Waals surface area contributed by atoms with Gasteiger partial charge >= 0.3 is 6.09 Å². The normalized spacial score (nSPS) is 18.5. The highest BCUT2D eigenvalue weighted by Gasteiger charge is 2.28. The zero-order valence-corrected chi connectivity index (χ0v) is 11.9. The summed E-state index contributed by atoms with van der Waals surface area (Å²) in [5, 5.41) is 2.90. The number of rotatable bonds is 2. The summed E-state index contributed by atoms with van der Waals surface area (Å²) in [6.07, 6.45) is 1.25. The van der Waals surface area contributed by atoms with Crippen LogP contribution in [0.3, 0.4) is 0 Å². The van der Waals surface area contributed by atoms with E-state index in [2.05, 4.69) is 5.32 Å². The van der Waals surface area contributed by atoms with E-state index < -0.39 is 0 Å². The van der Waals surface area contributed by atoms with Crippen molar-refractivity contribution in [2.75, 3.05) is 25.5 Å². The fraction of sp³-hybridized carbons (Fsp3) is 0.467. The maximum Gasteiger partial charge on any atom is 0.409 e. The van der Waals surface area contributed by atoms with E-state index in [9.17, 15) is 9.59 Å². The highest BCUT2D eigenvalue weighted by molar-refractivity contribution is 5.93. The van der Waals surface area contributed by atoms with Gasteiger partial charge in [-0.05, 0) is 31.9 Å².